The van der Waals surface area contributed by atoms with E-state index in [1.165, 1.54) is 18.2 Å². The number of aliphatic carboxylic acids is 1. The zero-order valence-electron chi connectivity index (χ0n) is 20.7. The van der Waals surface area contributed by atoms with Crippen molar-refractivity contribution in [2.45, 2.75) is 57.4 Å². The minimum Gasteiger partial charge on any atom is -0.475 e. The first-order valence-corrected chi connectivity index (χ1v) is 11.7. The smallest absolute Gasteiger partial charge is 0.475 e. The second-order valence-electron chi connectivity index (χ2n) is 8.47. The third-order valence-electron chi connectivity index (χ3n) is 5.36. The Bertz CT molecular complexity index is 1280. The van der Waals surface area contributed by atoms with Crippen molar-refractivity contribution in [2.24, 2.45) is 0 Å². The molecule has 1 aliphatic heterocycles. The highest BCUT2D eigenvalue weighted by molar-refractivity contribution is 5.90. The Morgan fingerprint density at radius 1 is 1.23 bits per heavy atom. The second-order valence-corrected chi connectivity index (χ2v) is 8.47. The molecule has 3 heterocycles. The first-order chi connectivity index (χ1) is 18.7. The van der Waals surface area contributed by atoms with Crippen LogP contribution in [-0.2, 0) is 17.8 Å². The number of hydrogen-bond acceptors (Lipinski definition) is 9. The molecule has 18 heteroatoms. The van der Waals surface area contributed by atoms with E-state index in [2.05, 4.69) is 35.9 Å². The standard InChI is InChI=1S/C20H22F3N7O3.C2HF3O2/c1-2-3-12-4-5-15(33-20(21,22)23)9-16(12)18-27-28-19(32-18)17(31)26-13-8-14(24-10-13)11-30-7-6-25-29-30;3-2(4,5)1(6)7/h4-7,9,13-14,24H,2-3,8,10-11H2,1H3,(H,26,31);(H,6,7)/t13-,14+;/m1./s1. The molecule has 1 fully saturated rings. The highest BCUT2D eigenvalue weighted by atomic mass is 19.4. The average molecular weight is 579 g/mol. The van der Waals surface area contributed by atoms with Crippen LogP contribution in [0.4, 0.5) is 26.3 Å². The Balaban J connectivity index is 0.000000559. The number of carboxylic acid groups (broad SMARTS) is 1. The highest BCUT2D eigenvalue weighted by Crippen LogP contribution is 2.31. The number of nitrogens with one attached hydrogen (secondary N) is 2. The minimum atomic E-state index is -5.08. The molecule has 2 aromatic heterocycles. The average Bonchev–Trinajstić information content (AvgIpc) is 3.62. The van der Waals surface area contributed by atoms with Gasteiger partial charge in [-0.1, -0.05) is 24.6 Å². The number of ether oxygens (including phenoxy) is 1. The van der Waals surface area contributed by atoms with Crippen molar-refractivity contribution in [2.75, 3.05) is 6.54 Å². The second kappa shape index (κ2) is 12.8. The molecule has 2 atom stereocenters. The lowest BCUT2D eigenvalue weighted by atomic mass is 10.0. The van der Waals surface area contributed by atoms with Gasteiger partial charge in [-0.15, -0.1) is 28.5 Å². The number of hydrogen-bond donors (Lipinski definition) is 3. The number of amides is 1. The molecule has 1 amide bonds. The number of alkyl halides is 6. The van der Waals surface area contributed by atoms with E-state index in [9.17, 15) is 31.1 Å². The summed E-state index contributed by atoms with van der Waals surface area (Å²) in [5, 5.41) is 28.6. The Morgan fingerprint density at radius 2 is 1.95 bits per heavy atom. The predicted molar refractivity (Wildman–Crippen MR) is 122 cm³/mol. The van der Waals surface area contributed by atoms with Crippen molar-refractivity contribution in [1.82, 2.24) is 35.8 Å². The molecule has 0 aliphatic carbocycles. The Labute approximate surface area is 221 Å². The fourth-order valence-corrected chi connectivity index (χ4v) is 3.73. The molecule has 1 aromatic carbocycles. The van der Waals surface area contributed by atoms with E-state index >= 15 is 0 Å². The lowest BCUT2D eigenvalue weighted by Gasteiger charge is -2.12. The number of halogens is 6. The third kappa shape index (κ3) is 8.92. The maximum atomic E-state index is 12.6. The SMILES string of the molecule is CCCc1ccc(OC(F)(F)F)cc1-c1nnc(C(=O)N[C@H]2CN[C@H](Cn3ccnn3)C2)o1.O=C(O)C(F)(F)F. The number of carbonyl (C=O) groups excluding carboxylic acids is 1. The van der Waals surface area contributed by atoms with Crippen molar-refractivity contribution in [3.8, 4) is 17.2 Å². The van der Waals surface area contributed by atoms with Crippen LogP contribution in [0.25, 0.3) is 11.5 Å². The van der Waals surface area contributed by atoms with Gasteiger partial charge in [-0.05, 0) is 30.5 Å². The van der Waals surface area contributed by atoms with E-state index in [4.69, 9.17) is 14.3 Å². The van der Waals surface area contributed by atoms with Crippen LogP contribution in [0, 0.1) is 0 Å². The normalized spacial score (nSPS) is 17.2. The summed E-state index contributed by atoms with van der Waals surface area (Å²) in [4.78, 5) is 21.5. The molecule has 3 aromatic rings. The fraction of sp³-hybridized carbons (Fsp3) is 0.455. The molecule has 12 nitrogen and oxygen atoms in total. The monoisotopic (exact) mass is 579 g/mol. The minimum absolute atomic E-state index is 0.0511. The van der Waals surface area contributed by atoms with Crippen molar-refractivity contribution in [3.05, 3.63) is 42.0 Å². The summed E-state index contributed by atoms with van der Waals surface area (Å²) >= 11 is 0. The van der Waals surface area contributed by atoms with E-state index in [1.807, 2.05) is 6.92 Å². The summed E-state index contributed by atoms with van der Waals surface area (Å²) in [5.41, 5.74) is 0.999. The predicted octanol–water partition coefficient (Wildman–Crippen LogP) is 2.97. The molecule has 0 radical (unpaired) electrons. The molecular weight excluding hydrogens is 556 g/mol. The molecule has 1 aliphatic rings. The van der Waals surface area contributed by atoms with Gasteiger partial charge < -0.3 is 24.9 Å². The number of carboxylic acids is 1. The largest absolute Gasteiger partial charge is 0.573 e. The zero-order valence-corrected chi connectivity index (χ0v) is 20.7. The van der Waals surface area contributed by atoms with Crippen LogP contribution < -0.4 is 15.4 Å². The molecular formula is C22H23F6N7O5. The molecule has 1 saturated heterocycles. The van der Waals surface area contributed by atoms with Crippen LogP contribution in [0.15, 0.2) is 35.0 Å². The maximum Gasteiger partial charge on any atom is 0.573 e. The Hall–Kier alpha value is -4.22. The topological polar surface area (TPSA) is 157 Å². The quantitative estimate of drug-likeness (QED) is 0.339. The zero-order chi connectivity index (χ0) is 29.5. The molecule has 0 unspecified atom stereocenters. The summed E-state index contributed by atoms with van der Waals surface area (Å²) in [5.74, 6) is -4.04. The van der Waals surface area contributed by atoms with Gasteiger partial charge in [0.05, 0.1) is 12.7 Å². The van der Waals surface area contributed by atoms with Crippen LogP contribution in [0.1, 0.15) is 36.0 Å². The molecule has 0 spiro atoms. The van der Waals surface area contributed by atoms with Crippen LogP contribution in [-0.4, -0.2) is 73.3 Å². The van der Waals surface area contributed by atoms with E-state index in [0.717, 1.165) is 6.42 Å². The van der Waals surface area contributed by atoms with Gasteiger partial charge in [-0.3, -0.25) is 9.48 Å². The van der Waals surface area contributed by atoms with Gasteiger partial charge in [0, 0.05) is 30.4 Å². The summed E-state index contributed by atoms with van der Waals surface area (Å²) in [6.45, 7) is 3.11. The number of carbonyl (C=O) groups is 2. The van der Waals surface area contributed by atoms with E-state index in [-0.39, 0.29) is 23.9 Å². The Kier molecular flexibility index (Phi) is 9.67. The number of benzene rings is 1. The fourth-order valence-electron chi connectivity index (χ4n) is 3.73. The van der Waals surface area contributed by atoms with Crippen LogP contribution in [0.5, 0.6) is 5.75 Å². The van der Waals surface area contributed by atoms with Gasteiger partial charge in [-0.2, -0.15) is 13.2 Å². The van der Waals surface area contributed by atoms with E-state index < -0.39 is 30.2 Å². The van der Waals surface area contributed by atoms with Gasteiger partial charge in [0.15, 0.2) is 0 Å². The molecule has 218 valence electrons. The van der Waals surface area contributed by atoms with E-state index in [1.54, 1.807) is 17.1 Å². The first kappa shape index (κ1) is 30.3. The molecule has 0 bridgehead atoms. The lowest BCUT2D eigenvalue weighted by Crippen LogP contribution is -2.36. The molecule has 3 N–H and O–H groups in total. The number of aryl methyl sites for hydroxylation is 1. The lowest BCUT2D eigenvalue weighted by molar-refractivity contribution is -0.274. The summed E-state index contributed by atoms with van der Waals surface area (Å²) < 4.78 is 80.8. The summed E-state index contributed by atoms with van der Waals surface area (Å²) in [7, 11) is 0. The number of aromatic nitrogens is 5. The highest BCUT2D eigenvalue weighted by Gasteiger charge is 2.38. The first-order valence-electron chi connectivity index (χ1n) is 11.7. The van der Waals surface area contributed by atoms with Crippen LogP contribution in [0.3, 0.4) is 0 Å². The molecule has 40 heavy (non-hydrogen) atoms. The summed E-state index contributed by atoms with van der Waals surface area (Å²) in [6, 6.07) is 3.89. The van der Waals surface area contributed by atoms with Gasteiger partial charge >= 0.3 is 30.3 Å². The van der Waals surface area contributed by atoms with Crippen LogP contribution in [0.2, 0.25) is 0 Å². The number of rotatable bonds is 8. The van der Waals surface area contributed by atoms with Gasteiger partial charge in [0.2, 0.25) is 5.89 Å². The van der Waals surface area contributed by atoms with Crippen molar-refractivity contribution in [1.29, 1.82) is 0 Å². The van der Waals surface area contributed by atoms with Gasteiger partial charge in [-0.25, -0.2) is 4.79 Å². The van der Waals surface area contributed by atoms with Crippen molar-refractivity contribution in [3.63, 3.8) is 0 Å². The molecule has 0 saturated carbocycles. The van der Waals surface area contributed by atoms with Gasteiger partial charge in [0.1, 0.15) is 5.75 Å². The van der Waals surface area contributed by atoms with Crippen LogP contribution >= 0.6 is 0 Å². The third-order valence-corrected chi connectivity index (χ3v) is 5.36. The van der Waals surface area contributed by atoms with Crippen molar-refractivity contribution < 1.29 is 50.2 Å². The Morgan fingerprint density at radius 3 is 2.55 bits per heavy atom. The van der Waals surface area contributed by atoms with Gasteiger partial charge in [0.25, 0.3) is 0 Å². The number of nitrogens with zero attached hydrogens (tertiary/aromatic N) is 5. The van der Waals surface area contributed by atoms with E-state index in [0.29, 0.717) is 37.1 Å². The summed E-state index contributed by atoms with van der Waals surface area (Å²) in [6.07, 6.45) is -4.56. The molecule has 4 rings (SSSR count). The van der Waals surface area contributed by atoms with Crippen molar-refractivity contribution >= 4 is 11.9 Å². The maximum absolute atomic E-state index is 12.6.